The van der Waals surface area contributed by atoms with Gasteiger partial charge in [0.15, 0.2) is 5.82 Å². The van der Waals surface area contributed by atoms with E-state index in [0.717, 1.165) is 4.83 Å². The third-order valence-electron chi connectivity index (χ3n) is 3.51. The van der Waals surface area contributed by atoms with Gasteiger partial charge in [-0.05, 0) is 25.4 Å². The minimum Gasteiger partial charge on any atom is -0.339 e. The van der Waals surface area contributed by atoms with Gasteiger partial charge in [-0.2, -0.15) is 4.98 Å². The van der Waals surface area contributed by atoms with Gasteiger partial charge in [0.1, 0.15) is 4.83 Å². The largest absolute Gasteiger partial charge is 0.339 e. The molecule has 0 bridgehead atoms. The zero-order valence-electron chi connectivity index (χ0n) is 12.4. The Morgan fingerprint density at radius 2 is 2.36 bits per heavy atom. The molecule has 7 nitrogen and oxygen atoms in total. The standard InChI is InChI=1S/C14H17N5O2S/c1-9(15-2)7-11-17-12(21-18-11)3-5-19-8-16-13-10(14(19)20)4-6-22-13/h4,6,8-9,15H,3,5,7H2,1-2H3. The van der Waals surface area contributed by atoms with Crippen molar-refractivity contribution in [3.8, 4) is 0 Å². The normalized spacial score (nSPS) is 12.8. The zero-order valence-corrected chi connectivity index (χ0v) is 13.3. The lowest BCUT2D eigenvalue weighted by Gasteiger charge is -2.04. The molecular formula is C14H17N5O2S. The number of hydrogen-bond acceptors (Lipinski definition) is 7. The SMILES string of the molecule is CNC(C)Cc1noc(CCn2cnc3sccc3c2=O)n1. The topological polar surface area (TPSA) is 85.8 Å². The first-order valence-electron chi connectivity index (χ1n) is 7.08. The summed E-state index contributed by atoms with van der Waals surface area (Å²) in [4.78, 5) is 21.6. The third kappa shape index (κ3) is 3.07. The monoisotopic (exact) mass is 319 g/mol. The molecule has 3 rings (SSSR count). The maximum atomic E-state index is 12.3. The fraction of sp³-hybridized carbons (Fsp3) is 0.429. The van der Waals surface area contributed by atoms with Gasteiger partial charge in [-0.3, -0.25) is 9.36 Å². The molecule has 0 radical (unpaired) electrons. The van der Waals surface area contributed by atoms with E-state index in [1.54, 1.807) is 17.0 Å². The van der Waals surface area contributed by atoms with Crippen LogP contribution in [0.1, 0.15) is 18.6 Å². The Balaban J connectivity index is 1.69. The molecule has 3 aromatic heterocycles. The second-order valence-electron chi connectivity index (χ2n) is 5.13. The molecule has 1 N–H and O–H groups in total. The Kier molecular flexibility index (Phi) is 4.30. The molecule has 3 heterocycles. The highest BCUT2D eigenvalue weighted by Crippen LogP contribution is 2.13. The van der Waals surface area contributed by atoms with Crippen molar-refractivity contribution < 1.29 is 4.52 Å². The first-order valence-corrected chi connectivity index (χ1v) is 7.96. The van der Waals surface area contributed by atoms with Crippen molar-refractivity contribution in [3.05, 3.63) is 39.8 Å². The van der Waals surface area contributed by atoms with Crippen molar-refractivity contribution in [2.24, 2.45) is 0 Å². The summed E-state index contributed by atoms with van der Waals surface area (Å²) in [6.45, 7) is 2.53. The minimum absolute atomic E-state index is 0.0326. The summed E-state index contributed by atoms with van der Waals surface area (Å²) < 4.78 is 6.80. The van der Waals surface area contributed by atoms with Crippen LogP contribution in [0.4, 0.5) is 0 Å². The average Bonchev–Trinajstić information content (AvgIpc) is 3.16. The quantitative estimate of drug-likeness (QED) is 0.735. The number of thiophene rings is 1. The van der Waals surface area contributed by atoms with Gasteiger partial charge in [-0.25, -0.2) is 4.98 Å². The summed E-state index contributed by atoms with van der Waals surface area (Å²) in [7, 11) is 1.89. The maximum absolute atomic E-state index is 12.3. The number of nitrogens with one attached hydrogen (secondary N) is 1. The fourth-order valence-corrected chi connectivity index (χ4v) is 2.84. The van der Waals surface area contributed by atoms with Gasteiger partial charge in [-0.1, -0.05) is 5.16 Å². The summed E-state index contributed by atoms with van der Waals surface area (Å²) in [5, 5.41) is 9.61. The zero-order chi connectivity index (χ0) is 15.5. The van der Waals surface area contributed by atoms with Crippen molar-refractivity contribution >= 4 is 21.6 Å². The lowest BCUT2D eigenvalue weighted by Crippen LogP contribution is -2.24. The van der Waals surface area contributed by atoms with Gasteiger partial charge >= 0.3 is 0 Å². The van der Waals surface area contributed by atoms with E-state index in [1.807, 2.05) is 12.4 Å². The first-order chi connectivity index (χ1) is 10.7. The second-order valence-corrected chi connectivity index (χ2v) is 6.03. The molecule has 0 saturated heterocycles. The van der Waals surface area contributed by atoms with E-state index in [1.165, 1.54) is 11.3 Å². The smallest absolute Gasteiger partial charge is 0.262 e. The van der Waals surface area contributed by atoms with Gasteiger partial charge < -0.3 is 9.84 Å². The van der Waals surface area contributed by atoms with Crippen LogP contribution in [-0.4, -0.2) is 32.8 Å². The molecule has 1 unspecified atom stereocenters. The molecule has 3 aromatic rings. The highest BCUT2D eigenvalue weighted by molar-refractivity contribution is 7.16. The van der Waals surface area contributed by atoms with Gasteiger partial charge in [0.2, 0.25) is 5.89 Å². The van der Waals surface area contributed by atoms with Gasteiger partial charge in [0.25, 0.3) is 5.56 Å². The summed E-state index contributed by atoms with van der Waals surface area (Å²) in [5.41, 5.74) is -0.0326. The molecule has 22 heavy (non-hydrogen) atoms. The van der Waals surface area contributed by atoms with Crippen LogP contribution in [0, 0.1) is 0 Å². The van der Waals surface area contributed by atoms with Gasteiger partial charge in [-0.15, -0.1) is 11.3 Å². The lowest BCUT2D eigenvalue weighted by molar-refractivity contribution is 0.364. The summed E-state index contributed by atoms with van der Waals surface area (Å²) in [6, 6.07) is 2.09. The summed E-state index contributed by atoms with van der Waals surface area (Å²) in [6.07, 6.45) is 2.79. The van der Waals surface area contributed by atoms with Crippen LogP contribution in [0.25, 0.3) is 10.2 Å². The number of likely N-dealkylation sites (N-methyl/N-ethyl adjacent to an activating group) is 1. The van der Waals surface area contributed by atoms with Gasteiger partial charge in [0.05, 0.1) is 11.7 Å². The highest BCUT2D eigenvalue weighted by Gasteiger charge is 2.10. The van der Waals surface area contributed by atoms with Crippen LogP contribution in [-0.2, 0) is 19.4 Å². The molecule has 0 saturated carbocycles. The average molecular weight is 319 g/mol. The Morgan fingerprint density at radius 3 is 3.18 bits per heavy atom. The summed E-state index contributed by atoms with van der Waals surface area (Å²) >= 11 is 1.46. The molecule has 116 valence electrons. The predicted octanol–water partition coefficient (Wildman–Crippen LogP) is 1.23. The Morgan fingerprint density at radius 1 is 1.50 bits per heavy atom. The molecule has 8 heteroatoms. The van der Waals surface area contributed by atoms with Crippen LogP contribution >= 0.6 is 11.3 Å². The maximum Gasteiger partial charge on any atom is 0.262 e. The highest BCUT2D eigenvalue weighted by atomic mass is 32.1. The molecule has 0 amide bonds. The molecule has 0 fully saturated rings. The van der Waals surface area contributed by atoms with Crippen molar-refractivity contribution in [1.82, 2.24) is 25.0 Å². The van der Waals surface area contributed by atoms with Crippen molar-refractivity contribution in [2.45, 2.75) is 32.4 Å². The van der Waals surface area contributed by atoms with E-state index in [9.17, 15) is 4.79 Å². The third-order valence-corrected chi connectivity index (χ3v) is 4.33. The molecule has 0 aliphatic rings. The molecule has 0 aromatic carbocycles. The van der Waals surface area contributed by atoms with Crippen LogP contribution in [0.3, 0.4) is 0 Å². The van der Waals surface area contributed by atoms with E-state index in [0.29, 0.717) is 42.5 Å². The molecule has 0 spiro atoms. The Bertz CT molecular complexity index is 822. The predicted molar refractivity (Wildman–Crippen MR) is 84.1 cm³/mol. The van der Waals surface area contributed by atoms with Crippen molar-refractivity contribution in [3.63, 3.8) is 0 Å². The number of nitrogens with zero attached hydrogens (tertiary/aromatic N) is 4. The van der Waals surface area contributed by atoms with E-state index >= 15 is 0 Å². The lowest BCUT2D eigenvalue weighted by atomic mass is 10.2. The van der Waals surface area contributed by atoms with Crippen LogP contribution in [0.15, 0.2) is 27.1 Å². The molecular weight excluding hydrogens is 302 g/mol. The van der Waals surface area contributed by atoms with Crippen LogP contribution in [0.2, 0.25) is 0 Å². The van der Waals surface area contributed by atoms with Crippen molar-refractivity contribution in [2.75, 3.05) is 7.05 Å². The van der Waals surface area contributed by atoms with Gasteiger partial charge in [0, 0.05) is 25.4 Å². The Hall–Kier alpha value is -2.06. The van der Waals surface area contributed by atoms with Crippen molar-refractivity contribution in [1.29, 1.82) is 0 Å². The number of fused-ring (bicyclic) bond motifs is 1. The van der Waals surface area contributed by atoms with Crippen LogP contribution in [0.5, 0.6) is 0 Å². The number of aryl methyl sites for hydroxylation is 2. The fourth-order valence-electron chi connectivity index (χ4n) is 2.12. The van der Waals surface area contributed by atoms with E-state index in [4.69, 9.17) is 4.52 Å². The number of rotatable bonds is 6. The van der Waals surface area contributed by atoms with E-state index < -0.39 is 0 Å². The summed E-state index contributed by atoms with van der Waals surface area (Å²) in [5.74, 6) is 1.21. The molecule has 1 atom stereocenters. The second kappa shape index (κ2) is 6.37. The Labute approximate surface area is 131 Å². The minimum atomic E-state index is -0.0326. The number of aromatic nitrogens is 4. The molecule has 0 aliphatic carbocycles. The molecule has 0 aliphatic heterocycles. The number of hydrogen-bond donors (Lipinski definition) is 1. The van der Waals surface area contributed by atoms with E-state index in [2.05, 4.69) is 27.4 Å². The van der Waals surface area contributed by atoms with Crippen LogP contribution < -0.4 is 10.9 Å². The first kappa shape index (κ1) is 14.9. The van der Waals surface area contributed by atoms with E-state index in [-0.39, 0.29) is 5.56 Å².